The lowest BCUT2D eigenvalue weighted by Crippen LogP contribution is -2.53. The van der Waals surface area contributed by atoms with E-state index in [0.29, 0.717) is 37.6 Å². The molecule has 0 spiro atoms. The van der Waals surface area contributed by atoms with Crippen molar-refractivity contribution in [1.82, 2.24) is 20.2 Å². The number of piperazine rings is 1. The van der Waals surface area contributed by atoms with Crippen LogP contribution in [0.3, 0.4) is 0 Å². The molecule has 36 heavy (non-hydrogen) atoms. The maximum absolute atomic E-state index is 14.1. The second kappa shape index (κ2) is 9.77. The predicted molar refractivity (Wildman–Crippen MR) is 143 cm³/mol. The molecule has 3 aliphatic rings. The summed E-state index contributed by atoms with van der Waals surface area (Å²) in [6, 6.07) is 5.81. The van der Waals surface area contributed by atoms with Crippen molar-refractivity contribution < 1.29 is 9.90 Å². The quantitative estimate of drug-likeness (QED) is 0.626. The van der Waals surface area contributed by atoms with Crippen LogP contribution in [0.1, 0.15) is 80.4 Å². The Bertz CT molecular complexity index is 1160. The number of anilines is 1. The number of halogens is 1. The highest BCUT2D eigenvalue weighted by Crippen LogP contribution is 2.43. The maximum Gasteiger partial charge on any atom is 0.231 e. The Morgan fingerprint density at radius 1 is 1.28 bits per heavy atom. The molecular formula is C28H36ClN5O2. The third kappa shape index (κ3) is 4.64. The SMILES string of the molecule is C=Cc1cc(Cl)ccc1[C@H](C(=O)N1CCN(c2ncnc3c2C(C)C[C@H]3O)CC1)[C@@H]1CCC(C)(C)N1. The van der Waals surface area contributed by atoms with Gasteiger partial charge in [-0.05, 0) is 62.3 Å². The van der Waals surface area contributed by atoms with E-state index < -0.39 is 6.10 Å². The minimum absolute atomic E-state index is 0.00267. The first-order valence-corrected chi connectivity index (χ1v) is 13.3. The van der Waals surface area contributed by atoms with Crippen LogP contribution in [0.5, 0.6) is 0 Å². The third-order valence-corrected chi connectivity index (χ3v) is 8.33. The van der Waals surface area contributed by atoms with Crippen LogP contribution in [-0.2, 0) is 4.79 Å². The molecule has 5 rings (SSSR count). The Balaban J connectivity index is 1.38. The number of fused-ring (bicyclic) bond motifs is 1. The van der Waals surface area contributed by atoms with Gasteiger partial charge in [0.25, 0.3) is 0 Å². The fourth-order valence-corrected chi connectivity index (χ4v) is 6.41. The van der Waals surface area contributed by atoms with Crippen molar-refractivity contribution >= 4 is 29.4 Å². The van der Waals surface area contributed by atoms with Crippen LogP contribution in [0.25, 0.3) is 6.08 Å². The Labute approximate surface area is 218 Å². The molecule has 0 bridgehead atoms. The standard InChI is InChI=1S/C28H36ClN5O2/c1-5-18-15-19(29)6-7-20(18)24(21-8-9-28(3,4)32-21)27(36)34-12-10-33(11-13-34)26-23-17(2)14-22(35)25(23)30-16-31-26/h5-7,15-17,21-22,24,32,35H,1,8-14H2,2-4H3/t17?,21-,22+,24-/m0/s1. The van der Waals surface area contributed by atoms with E-state index in [4.69, 9.17) is 11.6 Å². The van der Waals surface area contributed by atoms with Crippen LogP contribution in [0.15, 0.2) is 31.1 Å². The summed E-state index contributed by atoms with van der Waals surface area (Å²) in [7, 11) is 0. The van der Waals surface area contributed by atoms with Crippen molar-refractivity contribution in [3.05, 3.63) is 58.5 Å². The number of amides is 1. The van der Waals surface area contributed by atoms with Crippen LogP contribution in [0, 0.1) is 0 Å². The molecule has 2 aliphatic heterocycles. The lowest BCUT2D eigenvalue weighted by molar-refractivity contribution is -0.133. The van der Waals surface area contributed by atoms with E-state index in [-0.39, 0.29) is 29.3 Å². The van der Waals surface area contributed by atoms with Crippen molar-refractivity contribution in [2.75, 3.05) is 31.1 Å². The van der Waals surface area contributed by atoms with E-state index >= 15 is 0 Å². The molecule has 1 amide bonds. The van der Waals surface area contributed by atoms with E-state index in [1.165, 1.54) is 0 Å². The highest BCUT2D eigenvalue weighted by molar-refractivity contribution is 6.30. The summed E-state index contributed by atoms with van der Waals surface area (Å²) in [5.41, 5.74) is 3.69. The van der Waals surface area contributed by atoms with Crippen molar-refractivity contribution in [2.24, 2.45) is 0 Å². The fourth-order valence-electron chi connectivity index (χ4n) is 6.23. The van der Waals surface area contributed by atoms with Gasteiger partial charge in [0.15, 0.2) is 0 Å². The molecule has 7 nitrogen and oxygen atoms in total. The summed E-state index contributed by atoms with van der Waals surface area (Å²) >= 11 is 6.28. The average Bonchev–Trinajstić information content (AvgIpc) is 3.37. The molecule has 0 radical (unpaired) electrons. The van der Waals surface area contributed by atoms with Gasteiger partial charge in [-0.1, -0.05) is 37.2 Å². The first-order chi connectivity index (χ1) is 17.2. The number of aliphatic hydroxyl groups is 1. The molecule has 1 unspecified atom stereocenters. The number of nitrogens with zero attached hydrogens (tertiary/aromatic N) is 4. The molecule has 8 heteroatoms. The number of carbonyl (C=O) groups excluding carboxylic acids is 1. The molecular weight excluding hydrogens is 474 g/mol. The minimum Gasteiger partial charge on any atom is -0.387 e. The number of hydrogen-bond acceptors (Lipinski definition) is 6. The van der Waals surface area contributed by atoms with Gasteiger partial charge >= 0.3 is 0 Å². The van der Waals surface area contributed by atoms with Crippen LogP contribution in [0.4, 0.5) is 5.82 Å². The molecule has 4 atom stereocenters. The zero-order valence-electron chi connectivity index (χ0n) is 21.4. The molecule has 2 aromatic rings. The third-order valence-electron chi connectivity index (χ3n) is 8.10. The van der Waals surface area contributed by atoms with Crippen LogP contribution < -0.4 is 10.2 Å². The van der Waals surface area contributed by atoms with Crippen LogP contribution in [-0.4, -0.2) is 63.6 Å². The smallest absolute Gasteiger partial charge is 0.231 e. The second-order valence-corrected chi connectivity index (χ2v) is 11.5. The monoisotopic (exact) mass is 509 g/mol. The largest absolute Gasteiger partial charge is 0.387 e. The van der Waals surface area contributed by atoms with Gasteiger partial charge in [-0.25, -0.2) is 9.97 Å². The normalized spacial score (nSPS) is 26.1. The topological polar surface area (TPSA) is 81.6 Å². The first kappa shape index (κ1) is 25.2. The number of nitrogens with one attached hydrogen (secondary N) is 1. The summed E-state index contributed by atoms with van der Waals surface area (Å²) in [6.45, 7) is 13.1. The van der Waals surface area contributed by atoms with Gasteiger partial charge in [0.2, 0.25) is 5.91 Å². The number of benzene rings is 1. The van der Waals surface area contributed by atoms with E-state index in [2.05, 4.69) is 47.5 Å². The van der Waals surface area contributed by atoms with Crippen molar-refractivity contribution in [2.45, 2.75) is 69.6 Å². The van der Waals surface area contributed by atoms with Crippen LogP contribution >= 0.6 is 11.6 Å². The van der Waals surface area contributed by atoms with Gasteiger partial charge in [0, 0.05) is 48.3 Å². The van der Waals surface area contributed by atoms with Crippen molar-refractivity contribution in [1.29, 1.82) is 0 Å². The fraction of sp³-hybridized carbons (Fsp3) is 0.536. The maximum atomic E-state index is 14.1. The molecule has 2 N–H and O–H groups in total. The van der Waals surface area contributed by atoms with Gasteiger partial charge < -0.3 is 20.2 Å². The number of rotatable bonds is 5. The van der Waals surface area contributed by atoms with Crippen molar-refractivity contribution in [3.8, 4) is 0 Å². The Hall–Kier alpha value is -2.48. The van der Waals surface area contributed by atoms with Gasteiger partial charge in [-0.15, -0.1) is 0 Å². The highest BCUT2D eigenvalue weighted by Gasteiger charge is 2.42. The summed E-state index contributed by atoms with van der Waals surface area (Å²) in [6.07, 6.45) is 5.46. The zero-order valence-corrected chi connectivity index (χ0v) is 22.1. The molecule has 192 valence electrons. The van der Waals surface area contributed by atoms with E-state index in [9.17, 15) is 9.90 Å². The van der Waals surface area contributed by atoms with Crippen molar-refractivity contribution in [3.63, 3.8) is 0 Å². The number of carbonyl (C=O) groups is 1. The van der Waals surface area contributed by atoms with E-state index in [0.717, 1.165) is 41.0 Å². The summed E-state index contributed by atoms with van der Waals surface area (Å²) in [5, 5.41) is 14.7. The molecule has 2 fully saturated rings. The van der Waals surface area contributed by atoms with E-state index in [1.807, 2.05) is 23.1 Å². The highest BCUT2D eigenvalue weighted by atomic mass is 35.5. The summed E-state index contributed by atoms with van der Waals surface area (Å²) < 4.78 is 0. The van der Waals surface area contributed by atoms with Gasteiger partial charge in [-0.2, -0.15) is 0 Å². The minimum atomic E-state index is -0.526. The summed E-state index contributed by atoms with van der Waals surface area (Å²) in [4.78, 5) is 27.3. The van der Waals surface area contributed by atoms with Crippen LogP contribution in [0.2, 0.25) is 5.02 Å². The molecule has 1 aromatic heterocycles. The first-order valence-electron chi connectivity index (χ1n) is 12.9. The molecule has 3 heterocycles. The lowest BCUT2D eigenvalue weighted by Gasteiger charge is -2.39. The van der Waals surface area contributed by atoms with E-state index in [1.54, 1.807) is 12.4 Å². The zero-order chi connectivity index (χ0) is 25.6. The second-order valence-electron chi connectivity index (χ2n) is 11.1. The van der Waals surface area contributed by atoms with Gasteiger partial charge in [-0.3, -0.25) is 4.79 Å². The Kier molecular flexibility index (Phi) is 6.83. The lowest BCUT2D eigenvalue weighted by atomic mass is 9.86. The van der Waals surface area contributed by atoms with Gasteiger partial charge in [0.05, 0.1) is 17.7 Å². The Morgan fingerprint density at radius 2 is 2.03 bits per heavy atom. The Morgan fingerprint density at radius 3 is 2.69 bits per heavy atom. The predicted octanol–water partition coefficient (Wildman–Crippen LogP) is 4.28. The molecule has 0 saturated carbocycles. The summed E-state index contributed by atoms with van der Waals surface area (Å²) in [5.74, 6) is 0.960. The number of aliphatic hydroxyl groups excluding tert-OH is 1. The number of hydrogen-bond donors (Lipinski definition) is 2. The number of aromatic nitrogens is 2. The average molecular weight is 510 g/mol. The van der Waals surface area contributed by atoms with Gasteiger partial charge in [0.1, 0.15) is 12.1 Å². The molecule has 1 aliphatic carbocycles. The molecule has 1 aromatic carbocycles. The molecule has 2 saturated heterocycles.